The first-order chi connectivity index (χ1) is 20.6. The van der Waals surface area contributed by atoms with E-state index >= 15 is 0 Å². The van der Waals surface area contributed by atoms with Gasteiger partial charge in [-0.15, -0.1) is 0 Å². The minimum absolute atomic E-state index is 0.0616. The summed E-state index contributed by atoms with van der Waals surface area (Å²) in [5.74, 6) is -2.18. The van der Waals surface area contributed by atoms with E-state index in [0.29, 0.717) is 18.1 Å². The predicted octanol–water partition coefficient (Wildman–Crippen LogP) is 2.42. The molecule has 44 heavy (non-hydrogen) atoms. The number of hydrogen-bond donors (Lipinski definition) is 2. The number of amides is 3. The van der Waals surface area contributed by atoms with Crippen LogP contribution in [0.4, 0.5) is 13.2 Å². The van der Waals surface area contributed by atoms with Gasteiger partial charge in [0, 0.05) is 32.6 Å². The highest BCUT2D eigenvalue weighted by molar-refractivity contribution is 7.89. The summed E-state index contributed by atoms with van der Waals surface area (Å²) in [7, 11) is -3.28. The number of benzene rings is 2. The maximum Gasteiger partial charge on any atom is 0.416 e. The van der Waals surface area contributed by atoms with Crippen LogP contribution in [-0.4, -0.2) is 80.6 Å². The van der Waals surface area contributed by atoms with Crippen molar-refractivity contribution in [1.29, 1.82) is 0 Å². The molecule has 2 N–H and O–H groups in total. The zero-order valence-electron chi connectivity index (χ0n) is 24.5. The molecule has 3 amide bonds. The number of carbonyl (C=O) groups is 4. The summed E-state index contributed by atoms with van der Waals surface area (Å²) < 4.78 is 71.6. The molecular weight excluding hydrogens is 605 g/mol. The molecule has 1 heterocycles. The SMILES string of the molecule is COC(=O)CCC(=O)NCC(=O)N1CCN(S(=O)(=O)c2ccc(C(F)(F)F)cc2)C(C(=O)NCc2ccc(C(C)C)cc2)C1. The maximum atomic E-state index is 13.5. The predicted molar refractivity (Wildman–Crippen MR) is 152 cm³/mol. The number of ether oxygens (including phenoxy) is 1. The van der Waals surface area contributed by atoms with Crippen LogP contribution in [0.1, 0.15) is 49.3 Å². The number of hydrogen-bond acceptors (Lipinski definition) is 7. The lowest BCUT2D eigenvalue weighted by atomic mass is 10.0. The van der Waals surface area contributed by atoms with E-state index in [4.69, 9.17) is 0 Å². The lowest BCUT2D eigenvalue weighted by molar-refractivity contribution is -0.142. The number of carbonyl (C=O) groups excluding carboxylic acids is 4. The van der Waals surface area contributed by atoms with E-state index in [9.17, 15) is 40.8 Å². The molecule has 0 aliphatic carbocycles. The van der Waals surface area contributed by atoms with Crippen LogP contribution in [0.5, 0.6) is 0 Å². The van der Waals surface area contributed by atoms with Gasteiger partial charge in [0.1, 0.15) is 6.04 Å². The minimum Gasteiger partial charge on any atom is -0.469 e. The van der Waals surface area contributed by atoms with Gasteiger partial charge in [-0.1, -0.05) is 38.1 Å². The molecule has 0 saturated carbocycles. The van der Waals surface area contributed by atoms with Crippen molar-refractivity contribution in [3.05, 3.63) is 65.2 Å². The second-order valence-electron chi connectivity index (χ2n) is 10.5. The highest BCUT2D eigenvalue weighted by Crippen LogP contribution is 2.31. The Labute approximate surface area is 253 Å². The van der Waals surface area contributed by atoms with E-state index in [2.05, 4.69) is 15.4 Å². The van der Waals surface area contributed by atoms with E-state index in [0.717, 1.165) is 27.6 Å². The fourth-order valence-corrected chi connectivity index (χ4v) is 6.04. The molecular formula is C29H35F3N4O7S. The Hall–Kier alpha value is -3.98. The van der Waals surface area contributed by atoms with Crippen LogP contribution in [0.2, 0.25) is 0 Å². The zero-order chi connectivity index (χ0) is 32.7. The van der Waals surface area contributed by atoms with Crippen molar-refractivity contribution in [3.8, 4) is 0 Å². The summed E-state index contributed by atoms with van der Waals surface area (Å²) in [4.78, 5) is 50.4. The molecule has 240 valence electrons. The molecule has 1 aliphatic heterocycles. The molecule has 1 saturated heterocycles. The van der Waals surface area contributed by atoms with Gasteiger partial charge in [-0.3, -0.25) is 19.2 Å². The molecule has 15 heteroatoms. The second-order valence-corrected chi connectivity index (χ2v) is 12.4. The number of methoxy groups -OCH3 is 1. The van der Waals surface area contributed by atoms with E-state index < -0.39 is 62.9 Å². The van der Waals surface area contributed by atoms with E-state index in [-0.39, 0.29) is 39.0 Å². The molecule has 1 fully saturated rings. The van der Waals surface area contributed by atoms with Gasteiger partial charge in [-0.05, 0) is 41.3 Å². The summed E-state index contributed by atoms with van der Waals surface area (Å²) in [6, 6.07) is 9.00. The molecule has 0 aromatic heterocycles. The lowest BCUT2D eigenvalue weighted by Crippen LogP contribution is -2.62. The summed E-state index contributed by atoms with van der Waals surface area (Å²) in [5, 5.41) is 5.08. The molecule has 3 rings (SSSR count). The Bertz CT molecular complexity index is 1450. The van der Waals surface area contributed by atoms with Gasteiger partial charge < -0.3 is 20.3 Å². The van der Waals surface area contributed by atoms with E-state index in [1.165, 1.54) is 12.0 Å². The average Bonchev–Trinajstić information content (AvgIpc) is 3.00. The number of nitrogens with one attached hydrogen (secondary N) is 2. The van der Waals surface area contributed by atoms with Crippen LogP contribution in [0.15, 0.2) is 53.4 Å². The number of sulfonamides is 1. The van der Waals surface area contributed by atoms with Crippen LogP contribution in [0, 0.1) is 0 Å². The van der Waals surface area contributed by atoms with Crippen LogP contribution in [0.3, 0.4) is 0 Å². The topological polar surface area (TPSA) is 142 Å². The number of halogens is 3. The van der Waals surface area contributed by atoms with Crippen molar-refractivity contribution in [2.24, 2.45) is 0 Å². The molecule has 1 aliphatic rings. The fourth-order valence-electron chi connectivity index (χ4n) is 4.46. The Balaban J connectivity index is 1.78. The van der Waals surface area contributed by atoms with Crippen molar-refractivity contribution in [2.45, 2.75) is 56.3 Å². The molecule has 1 atom stereocenters. The van der Waals surface area contributed by atoms with Gasteiger partial charge in [0.25, 0.3) is 0 Å². The summed E-state index contributed by atoms with van der Waals surface area (Å²) in [6.45, 7) is 2.84. The standard InChI is InChI=1S/C29H35F3N4O7S/c1-19(2)21-6-4-20(5-7-21)16-34-28(40)24-18-35(26(38)17-33-25(37)12-13-27(39)43-3)14-15-36(24)44(41,42)23-10-8-22(9-11-23)29(30,31)32/h4-11,19,24H,12-18H2,1-3H3,(H,33,37)(H,34,40). The summed E-state index contributed by atoms with van der Waals surface area (Å²) in [5.41, 5.74) is 0.810. The van der Waals surface area contributed by atoms with Gasteiger partial charge in [0.15, 0.2) is 0 Å². The second kappa shape index (κ2) is 14.7. The summed E-state index contributed by atoms with van der Waals surface area (Å²) in [6.07, 6.45) is -5.06. The first-order valence-corrected chi connectivity index (χ1v) is 15.2. The van der Waals surface area contributed by atoms with Gasteiger partial charge in [-0.2, -0.15) is 17.5 Å². The van der Waals surface area contributed by atoms with Gasteiger partial charge in [0.05, 0.1) is 30.5 Å². The highest BCUT2D eigenvalue weighted by Gasteiger charge is 2.41. The lowest BCUT2D eigenvalue weighted by Gasteiger charge is -2.39. The summed E-state index contributed by atoms with van der Waals surface area (Å²) >= 11 is 0. The van der Waals surface area contributed by atoms with Crippen molar-refractivity contribution in [3.63, 3.8) is 0 Å². The molecule has 0 radical (unpaired) electrons. The molecule has 0 spiro atoms. The normalized spacial score (nSPS) is 16.0. The maximum absolute atomic E-state index is 13.5. The average molecular weight is 641 g/mol. The third-order valence-corrected chi connectivity index (χ3v) is 9.03. The van der Waals surface area contributed by atoms with Crippen LogP contribution in [0.25, 0.3) is 0 Å². The van der Waals surface area contributed by atoms with Crippen molar-refractivity contribution in [2.75, 3.05) is 33.3 Å². The third-order valence-electron chi connectivity index (χ3n) is 7.11. The molecule has 2 aromatic rings. The smallest absolute Gasteiger partial charge is 0.416 e. The molecule has 2 aromatic carbocycles. The first kappa shape index (κ1) is 34.5. The number of nitrogens with zero attached hydrogens (tertiary/aromatic N) is 2. The zero-order valence-corrected chi connectivity index (χ0v) is 25.3. The minimum atomic E-state index is -4.67. The molecule has 11 nitrogen and oxygen atoms in total. The van der Waals surface area contributed by atoms with Gasteiger partial charge >= 0.3 is 12.1 Å². The number of alkyl halides is 3. The largest absolute Gasteiger partial charge is 0.469 e. The van der Waals surface area contributed by atoms with Crippen LogP contribution in [-0.2, 0) is 46.7 Å². The van der Waals surface area contributed by atoms with Crippen LogP contribution >= 0.6 is 0 Å². The monoisotopic (exact) mass is 640 g/mol. The number of rotatable bonds is 11. The molecule has 1 unspecified atom stereocenters. The fraction of sp³-hybridized carbons (Fsp3) is 0.448. The first-order valence-electron chi connectivity index (χ1n) is 13.8. The Morgan fingerprint density at radius 3 is 2.16 bits per heavy atom. The molecule has 0 bridgehead atoms. The Kier molecular flexibility index (Phi) is 11.5. The third kappa shape index (κ3) is 9.02. The van der Waals surface area contributed by atoms with Crippen molar-refractivity contribution in [1.82, 2.24) is 19.8 Å². The van der Waals surface area contributed by atoms with Crippen molar-refractivity contribution >= 4 is 33.7 Å². The van der Waals surface area contributed by atoms with Gasteiger partial charge in [-0.25, -0.2) is 8.42 Å². The number of piperazine rings is 1. The van der Waals surface area contributed by atoms with Gasteiger partial charge in [0.2, 0.25) is 27.7 Å². The van der Waals surface area contributed by atoms with Crippen LogP contribution < -0.4 is 10.6 Å². The highest BCUT2D eigenvalue weighted by atomic mass is 32.2. The van der Waals surface area contributed by atoms with Crippen molar-refractivity contribution < 1.29 is 45.5 Å². The van der Waals surface area contributed by atoms with E-state index in [1.54, 1.807) is 0 Å². The number of esters is 1. The Morgan fingerprint density at radius 2 is 1.59 bits per heavy atom. The van der Waals surface area contributed by atoms with E-state index in [1.807, 2.05) is 38.1 Å². The Morgan fingerprint density at radius 1 is 0.955 bits per heavy atom. The quantitative estimate of drug-likeness (QED) is 0.360.